The van der Waals surface area contributed by atoms with Crippen LogP contribution in [0.5, 0.6) is 5.75 Å². The third-order valence-electron chi connectivity index (χ3n) is 4.11. The number of thioether (sulfide) groups is 1. The number of halogens is 3. The predicted molar refractivity (Wildman–Crippen MR) is 122 cm³/mol. The van der Waals surface area contributed by atoms with Gasteiger partial charge in [-0.25, -0.2) is 0 Å². The van der Waals surface area contributed by atoms with E-state index < -0.39 is 0 Å². The molecule has 0 spiro atoms. The second kappa shape index (κ2) is 10.4. The number of benzene rings is 2. The number of ether oxygens (including phenoxy) is 1. The molecule has 1 aromatic heterocycles. The summed E-state index contributed by atoms with van der Waals surface area (Å²) < 4.78 is 7.71. The minimum absolute atomic E-state index is 0.129. The average molecular weight is 486 g/mol. The van der Waals surface area contributed by atoms with Crippen molar-refractivity contribution in [2.45, 2.75) is 32.2 Å². The molecule has 3 aromatic rings. The van der Waals surface area contributed by atoms with Crippen LogP contribution in [-0.4, -0.2) is 26.4 Å². The fourth-order valence-electron chi connectivity index (χ4n) is 2.64. The summed E-state index contributed by atoms with van der Waals surface area (Å²) in [7, 11) is 0. The molecular weight excluding hydrogens is 467 g/mol. The monoisotopic (exact) mass is 484 g/mol. The molecule has 1 heterocycles. The highest BCUT2D eigenvalue weighted by atomic mass is 35.5. The Morgan fingerprint density at radius 2 is 1.87 bits per heavy atom. The van der Waals surface area contributed by atoms with E-state index >= 15 is 0 Å². The first-order chi connectivity index (χ1) is 14.4. The summed E-state index contributed by atoms with van der Waals surface area (Å²) in [4.78, 5) is 12.3. The van der Waals surface area contributed by atoms with Crippen molar-refractivity contribution >= 4 is 58.2 Å². The molecule has 30 heavy (non-hydrogen) atoms. The highest BCUT2D eigenvalue weighted by Crippen LogP contribution is 2.30. The maximum atomic E-state index is 12.3. The quantitative estimate of drug-likeness (QED) is 0.404. The maximum absolute atomic E-state index is 12.3. The molecule has 6 nitrogen and oxygen atoms in total. The Labute approximate surface area is 193 Å². The molecule has 0 fully saturated rings. The molecule has 0 saturated heterocycles. The fourth-order valence-corrected chi connectivity index (χ4v) is 4.12. The molecule has 0 radical (unpaired) electrons. The van der Waals surface area contributed by atoms with E-state index in [9.17, 15) is 4.79 Å². The Morgan fingerprint density at radius 3 is 2.57 bits per heavy atom. The van der Waals surface area contributed by atoms with E-state index in [1.165, 1.54) is 11.8 Å². The number of amides is 1. The molecule has 2 aromatic carbocycles. The van der Waals surface area contributed by atoms with E-state index in [0.717, 1.165) is 5.56 Å². The first-order valence-corrected chi connectivity index (χ1v) is 11.2. The van der Waals surface area contributed by atoms with Gasteiger partial charge in [-0.15, -0.1) is 10.2 Å². The topological polar surface area (TPSA) is 69.0 Å². The molecule has 0 aliphatic carbocycles. The Balaban J connectivity index is 1.62. The smallest absolute Gasteiger partial charge is 0.234 e. The number of aryl methyl sites for hydroxylation is 1. The Hall–Kier alpha value is -1.93. The van der Waals surface area contributed by atoms with Crippen LogP contribution in [0.15, 0.2) is 41.6 Å². The van der Waals surface area contributed by atoms with Crippen molar-refractivity contribution in [3.05, 3.63) is 62.9 Å². The number of nitrogens with zero attached hydrogens (tertiary/aromatic N) is 3. The van der Waals surface area contributed by atoms with Crippen LogP contribution in [-0.2, 0) is 17.9 Å². The van der Waals surface area contributed by atoms with Crippen molar-refractivity contribution in [2.24, 2.45) is 0 Å². The van der Waals surface area contributed by atoms with Crippen molar-refractivity contribution in [3.63, 3.8) is 0 Å². The lowest BCUT2D eigenvalue weighted by Crippen LogP contribution is -2.15. The van der Waals surface area contributed by atoms with Crippen molar-refractivity contribution in [1.82, 2.24) is 14.8 Å². The molecule has 0 aliphatic heterocycles. The normalized spacial score (nSPS) is 10.8. The summed E-state index contributed by atoms with van der Waals surface area (Å²) in [5.41, 5.74) is 1.44. The van der Waals surface area contributed by atoms with Crippen LogP contribution in [0.3, 0.4) is 0 Å². The highest BCUT2D eigenvalue weighted by molar-refractivity contribution is 7.99. The molecule has 0 bridgehead atoms. The third-order valence-corrected chi connectivity index (χ3v) is 6.02. The number of anilines is 1. The standard InChI is InChI=1S/C20H19Cl3N4O2S/c1-3-27-17(10-29-16-9-12(2)7-8-13(16)21)25-26-20(27)30-11-18(28)24-19-14(22)5-4-6-15(19)23/h4-9H,3,10-11H2,1-2H3,(H,24,28). The van der Waals surface area contributed by atoms with Crippen LogP contribution in [0.1, 0.15) is 18.3 Å². The Morgan fingerprint density at radius 1 is 1.13 bits per heavy atom. The second-order valence-corrected chi connectivity index (χ2v) is 8.46. The number of aromatic nitrogens is 3. The lowest BCUT2D eigenvalue weighted by atomic mass is 10.2. The van der Waals surface area contributed by atoms with Gasteiger partial charge in [0.05, 0.1) is 26.5 Å². The van der Waals surface area contributed by atoms with Gasteiger partial charge >= 0.3 is 0 Å². The SMILES string of the molecule is CCn1c(COc2cc(C)ccc2Cl)nnc1SCC(=O)Nc1c(Cl)cccc1Cl. The van der Waals surface area contributed by atoms with E-state index in [1.807, 2.05) is 30.5 Å². The molecule has 1 N–H and O–H groups in total. The van der Waals surface area contributed by atoms with Crippen LogP contribution < -0.4 is 10.1 Å². The minimum atomic E-state index is -0.245. The highest BCUT2D eigenvalue weighted by Gasteiger charge is 2.16. The van der Waals surface area contributed by atoms with Crippen LogP contribution in [0, 0.1) is 6.92 Å². The molecule has 0 atom stereocenters. The van der Waals surface area contributed by atoms with Crippen molar-refractivity contribution in [2.75, 3.05) is 11.1 Å². The third kappa shape index (κ3) is 5.60. The lowest BCUT2D eigenvalue weighted by Gasteiger charge is -2.11. The summed E-state index contributed by atoms with van der Waals surface area (Å²) in [6.07, 6.45) is 0. The van der Waals surface area contributed by atoms with Crippen LogP contribution >= 0.6 is 46.6 Å². The average Bonchev–Trinajstić information content (AvgIpc) is 3.11. The number of rotatable bonds is 8. The summed E-state index contributed by atoms with van der Waals surface area (Å²) in [6.45, 7) is 4.78. The maximum Gasteiger partial charge on any atom is 0.234 e. The zero-order valence-corrected chi connectivity index (χ0v) is 19.4. The number of nitrogens with one attached hydrogen (secondary N) is 1. The predicted octanol–water partition coefficient (Wildman–Crippen LogP) is 5.88. The van der Waals surface area contributed by atoms with E-state index in [4.69, 9.17) is 39.5 Å². The van der Waals surface area contributed by atoms with Crippen molar-refractivity contribution in [1.29, 1.82) is 0 Å². The summed E-state index contributed by atoms with van der Waals surface area (Å²) in [5, 5.41) is 13.0. The number of carbonyl (C=O) groups is 1. The van der Waals surface area contributed by atoms with Crippen LogP contribution in [0.4, 0.5) is 5.69 Å². The zero-order chi connectivity index (χ0) is 21.7. The molecule has 10 heteroatoms. The van der Waals surface area contributed by atoms with E-state index in [-0.39, 0.29) is 18.3 Å². The van der Waals surface area contributed by atoms with Gasteiger partial charge in [-0.05, 0) is 43.7 Å². The molecule has 3 rings (SSSR count). The van der Waals surface area contributed by atoms with Crippen LogP contribution in [0.2, 0.25) is 15.1 Å². The van der Waals surface area contributed by atoms with Gasteiger partial charge in [-0.3, -0.25) is 4.79 Å². The van der Waals surface area contributed by atoms with Gasteiger partial charge in [0.25, 0.3) is 0 Å². The van der Waals surface area contributed by atoms with Gasteiger partial charge in [-0.1, -0.05) is 58.7 Å². The molecule has 0 aliphatic rings. The van der Waals surface area contributed by atoms with E-state index in [1.54, 1.807) is 24.3 Å². The van der Waals surface area contributed by atoms with Crippen LogP contribution in [0.25, 0.3) is 0 Å². The van der Waals surface area contributed by atoms with Gasteiger partial charge in [0.1, 0.15) is 12.4 Å². The summed E-state index contributed by atoms with van der Waals surface area (Å²) in [6, 6.07) is 10.6. The number of carbonyl (C=O) groups excluding carboxylic acids is 1. The number of para-hydroxylation sites is 1. The Bertz CT molecular complexity index is 1040. The number of hydrogen-bond acceptors (Lipinski definition) is 5. The van der Waals surface area contributed by atoms with Gasteiger partial charge in [-0.2, -0.15) is 0 Å². The van der Waals surface area contributed by atoms with Gasteiger partial charge in [0.2, 0.25) is 5.91 Å². The number of hydrogen-bond donors (Lipinski definition) is 1. The van der Waals surface area contributed by atoms with Gasteiger partial charge < -0.3 is 14.6 Å². The first kappa shape index (κ1) is 22.7. The summed E-state index contributed by atoms with van der Waals surface area (Å²) >= 11 is 19.6. The lowest BCUT2D eigenvalue weighted by molar-refractivity contribution is -0.113. The second-order valence-electron chi connectivity index (χ2n) is 6.30. The Kier molecular flexibility index (Phi) is 7.88. The molecule has 158 valence electrons. The fraction of sp³-hybridized carbons (Fsp3) is 0.250. The van der Waals surface area contributed by atoms with E-state index in [2.05, 4.69) is 15.5 Å². The van der Waals surface area contributed by atoms with Crippen molar-refractivity contribution < 1.29 is 9.53 Å². The molecular formula is C20H19Cl3N4O2S. The van der Waals surface area contributed by atoms with E-state index in [0.29, 0.717) is 44.0 Å². The zero-order valence-electron chi connectivity index (χ0n) is 16.3. The largest absolute Gasteiger partial charge is 0.484 e. The minimum Gasteiger partial charge on any atom is -0.484 e. The van der Waals surface area contributed by atoms with Gasteiger partial charge in [0.15, 0.2) is 11.0 Å². The molecule has 0 unspecified atom stereocenters. The molecule has 1 amide bonds. The van der Waals surface area contributed by atoms with Gasteiger partial charge in [0, 0.05) is 6.54 Å². The van der Waals surface area contributed by atoms with Crippen molar-refractivity contribution in [3.8, 4) is 5.75 Å². The first-order valence-electron chi connectivity index (χ1n) is 9.06. The summed E-state index contributed by atoms with van der Waals surface area (Å²) in [5.74, 6) is 1.12. The molecule has 0 saturated carbocycles.